The van der Waals surface area contributed by atoms with Gasteiger partial charge < -0.3 is 4.90 Å². The molecule has 26 heavy (non-hydrogen) atoms. The minimum absolute atomic E-state index is 0.0672. The van der Waals surface area contributed by atoms with Crippen LogP contribution in [0.15, 0.2) is 60.0 Å². The molecule has 1 heterocycles. The van der Waals surface area contributed by atoms with Crippen LogP contribution in [0.5, 0.6) is 0 Å². The van der Waals surface area contributed by atoms with Crippen LogP contribution >= 0.6 is 11.8 Å². The van der Waals surface area contributed by atoms with Crippen LogP contribution in [-0.2, 0) is 11.3 Å². The number of aryl methyl sites for hydroxylation is 2. The van der Waals surface area contributed by atoms with Gasteiger partial charge in [-0.1, -0.05) is 53.7 Å². The van der Waals surface area contributed by atoms with Crippen molar-refractivity contribution in [1.29, 1.82) is 0 Å². The largest absolute Gasteiger partial charge is 0.341 e. The first kappa shape index (κ1) is 18.2. The first-order chi connectivity index (χ1) is 12.5. The van der Waals surface area contributed by atoms with Gasteiger partial charge in [0.25, 0.3) is 0 Å². The number of benzene rings is 2. The summed E-state index contributed by atoms with van der Waals surface area (Å²) in [5.41, 5.74) is 4.59. The van der Waals surface area contributed by atoms with Gasteiger partial charge in [0, 0.05) is 19.3 Å². The normalized spacial score (nSPS) is 10.7. The molecule has 0 saturated heterocycles. The Bertz CT molecular complexity index is 892. The highest BCUT2D eigenvalue weighted by atomic mass is 32.2. The summed E-state index contributed by atoms with van der Waals surface area (Å²) in [5, 5.41) is 8.83. The maximum Gasteiger partial charge on any atom is 0.233 e. The maximum atomic E-state index is 12.5. The summed E-state index contributed by atoms with van der Waals surface area (Å²) in [5.74, 6) is 0.394. The first-order valence-electron chi connectivity index (χ1n) is 8.43. The van der Waals surface area contributed by atoms with Crippen LogP contribution in [0.2, 0.25) is 0 Å². The van der Waals surface area contributed by atoms with Crippen LogP contribution in [0.4, 0.5) is 0 Å². The van der Waals surface area contributed by atoms with Crippen molar-refractivity contribution in [3.8, 4) is 5.69 Å². The Morgan fingerprint density at radius 2 is 1.92 bits per heavy atom. The van der Waals surface area contributed by atoms with Gasteiger partial charge >= 0.3 is 0 Å². The van der Waals surface area contributed by atoms with E-state index < -0.39 is 0 Å². The highest BCUT2D eigenvalue weighted by molar-refractivity contribution is 7.99. The lowest BCUT2D eigenvalue weighted by Crippen LogP contribution is -2.28. The van der Waals surface area contributed by atoms with Gasteiger partial charge in [-0.3, -0.25) is 9.36 Å². The summed E-state index contributed by atoms with van der Waals surface area (Å²) in [7, 11) is 1.84. The van der Waals surface area contributed by atoms with Crippen LogP contribution in [-0.4, -0.2) is 38.4 Å². The fraction of sp³-hybridized carbons (Fsp3) is 0.250. The zero-order valence-electron chi connectivity index (χ0n) is 15.2. The van der Waals surface area contributed by atoms with E-state index in [1.165, 1.54) is 28.5 Å². The molecule has 3 rings (SSSR count). The number of thioether (sulfide) groups is 1. The molecule has 0 atom stereocenters. The summed E-state index contributed by atoms with van der Waals surface area (Å²) in [6.45, 7) is 4.76. The van der Waals surface area contributed by atoms with Gasteiger partial charge in [-0.15, -0.1) is 10.2 Å². The van der Waals surface area contributed by atoms with Crippen molar-refractivity contribution in [3.63, 3.8) is 0 Å². The second kappa shape index (κ2) is 8.19. The number of hydrogen-bond acceptors (Lipinski definition) is 4. The van der Waals surface area contributed by atoms with Crippen molar-refractivity contribution in [2.24, 2.45) is 0 Å². The molecule has 1 amide bonds. The van der Waals surface area contributed by atoms with E-state index >= 15 is 0 Å². The van der Waals surface area contributed by atoms with E-state index in [1.54, 1.807) is 11.2 Å². The Kier molecular flexibility index (Phi) is 5.73. The molecule has 0 aliphatic heterocycles. The van der Waals surface area contributed by atoms with E-state index in [4.69, 9.17) is 0 Å². The highest BCUT2D eigenvalue weighted by Crippen LogP contribution is 2.20. The fourth-order valence-electron chi connectivity index (χ4n) is 2.69. The predicted molar refractivity (Wildman–Crippen MR) is 104 cm³/mol. The molecule has 0 N–H and O–H groups in total. The summed E-state index contributed by atoms with van der Waals surface area (Å²) in [6.07, 6.45) is 1.67. The number of rotatable bonds is 6. The first-order valence-corrected chi connectivity index (χ1v) is 9.41. The van der Waals surface area contributed by atoms with E-state index in [2.05, 4.69) is 42.2 Å². The lowest BCUT2D eigenvalue weighted by atomic mass is 10.1. The molecule has 0 saturated carbocycles. The molecule has 2 aromatic carbocycles. The third-order valence-corrected chi connectivity index (χ3v) is 5.13. The Morgan fingerprint density at radius 1 is 1.15 bits per heavy atom. The molecule has 5 nitrogen and oxygen atoms in total. The van der Waals surface area contributed by atoms with Gasteiger partial charge in [0.15, 0.2) is 5.16 Å². The molecule has 0 bridgehead atoms. The SMILES string of the molecule is Cc1ccc(CN(C)C(=O)CSc2nncn2-c2ccccc2)c(C)c1. The van der Waals surface area contributed by atoms with E-state index in [9.17, 15) is 4.79 Å². The molecule has 1 aromatic heterocycles. The van der Waals surface area contributed by atoms with Crippen LogP contribution in [0.3, 0.4) is 0 Å². The van der Waals surface area contributed by atoms with Crippen molar-refractivity contribution in [2.75, 3.05) is 12.8 Å². The predicted octanol–water partition coefficient (Wildman–Crippen LogP) is 3.63. The lowest BCUT2D eigenvalue weighted by Gasteiger charge is -2.18. The Hall–Kier alpha value is -2.60. The average molecular weight is 366 g/mol. The molecule has 0 radical (unpaired) electrons. The quantitative estimate of drug-likeness (QED) is 0.625. The van der Waals surface area contributed by atoms with E-state index in [1.807, 2.05) is 41.9 Å². The Labute approximate surface area is 158 Å². The van der Waals surface area contributed by atoms with Crippen LogP contribution < -0.4 is 0 Å². The van der Waals surface area contributed by atoms with Gasteiger partial charge in [0.1, 0.15) is 6.33 Å². The van der Waals surface area contributed by atoms with Crippen molar-refractivity contribution >= 4 is 17.7 Å². The van der Waals surface area contributed by atoms with Crippen LogP contribution in [0.1, 0.15) is 16.7 Å². The van der Waals surface area contributed by atoms with Crippen molar-refractivity contribution in [2.45, 2.75) is 25.5 Å². The number of carbonyl (C=O) groups excluding carboxylic acids is 1. The van der Waals surface area contributed by atoms with Crippen molar-refractivity contribution in [1.82, 2.24) is 19.7 Å². The molecule has 0 aliphatic carbocycles. The highest BCUT2D eigenvalue weighted by Gasteiger charge is 2.14. The minimum atomic E-state index is 0.0672. The van der Waals surface area contributed by atoms with Gasteiger partial charge in [0.2, 0.25) is 5.91 Å². The number of amides is 1. The zero-order valence-corrected chi connectivity index (χ0v) is 16.0. The molecule has 0 unspecified atom stereocenters. The lowest BCUT2D eigenvalue weighted by molar-refractivity contribution is -0.127. The summed E-state index contributed by atoms with van der Waals surface area (Å²) in [6, 6.07) is 16.2. The molecule has 134 valence electrons. The third kappa shape index (κ3) is 4.32. The van der Waals surface area contributed by atoms with E-state index in [0.717, 1.165) is 5.69 Å². The number of carbonyl (C=O) groups is 1. The number of hydrogen-bond donors (Lipinski definition) is 0. The molecule has 0 fully saturated rings. The molecule has 3 aromatic rings. The van der Waals surface area contributed by atoms with E-state index in [-0.39, 0.29) is 5.91 Å². The van der Waals surface area contributed by atoms with Gasteiger partial charge in [-0.05, 0) is 37.1 Å². The van der Waals surface area contributed by atoms with Gasteiger partial charge in [0.05, 0.1) is 5.75 Å². The molecule has 0 spiro atoms. The molecular weight excluding hydrogens is 344 g/mol. The molecule has 6 heteroatoms. The summed E-state index contributed by atoms with van der Waals surface area (Å²) < 4.78 is 1.89. The van der Waals surface area contributed by atoms with Crippen LogP contribution in [0.25, 0.3) is 5.69 Å². The number of nitrogens with zero attached hydrogens (tertiary/aromatic N) is 4. The standard InChI is InChI=1S/C20H22N4OS/c1-15-9-10-17(16(2)11-15)12-23(3)19(25)13-26-20-22-21-14-24(20)18-7-5-4-6-8-18/h4-11,14H,12-13H2,1-3H3. The minimum Gasteiger partial charge on any atom is -0.341 e. The Balaban J connectivity index is 1.62. The van der Waals surface area contributed by atoms with E-state index in [0.29, 0.717) is 17.5 Å². The maximum absolute atomic E-state index is 12.5. The monoisotopic (exact) mass is 366 g/mol. The fourth-order valence-corrected chi connectivity index (χ4v) is 3.56. The Morgan fingerprint density at radius 3 is 2.65 bits per heavy atom. The zero-order chi connectivity index (χ0) is 18.5. The average Bonchev–Trinajstić information content (AvgIpc) is 3.11. The summed E-state index contributed by atoms with van der Waals surface area (Å²) >= 11 is 1.40. The van der Waals surface area contributed by atoms with Crippen molar-refractivity contribution in [3.05, 3.63) is 71.5 Å². The van der Waals surface area contributed by atoms with Gasteiger partial charge in [-0.25, -0.2) is 0 Å². The van der Waals surface area contributed by atoms with Gasteiger partial charge in [-0.2, -0.15) is 0 Å². The van der Waals surface area contributed by atoms with Crippen LogP contribution in [0, 0.1) is 13.8 Å². The third-order valence-electron chi connectivity index (χ3n) is 4.21. The topological polar surface area (TPSA) is 51.0 Å². The molecule has 0 aliphatic rings. The number of para-hydroxylation sites is 1. The second-order valence-corrected chi connectivity index (χ2v) is 7.23. The molecular formula is C20H22N4OS. The summed E-state index contributed by atoms with van der Waals surface area (Å²) in [4.78, 5) is 14.3. The van der Waals surface area contributed by atoms with Crippen molar-refractivity contribution < 1.29 is 4.79 Å². The number of aromatic nitrogens is 3. The smallest absolute Gasteiger partial charge is 0.233 e. The second-order valence-electron chi connectivity index (χ2n) is 6.29.